The highest BCUT2D eigenvalue weighted by atomic mass is 19.1. The zero-order valence-electron chi connectivity index (χ0n) is 12.6. The Morgan fingerprint density at radius 1 is 1.00 bits per heavy atom. The summed E-state index contributed by atoms with van der Waals surface area (Å²) in [6, 6.07) is 16.3. The van der Waals surface area contributed by atoms with Crippen LogP contribution in [-0.2, 0) is 13.1 Å². The van der Waals surface area contributed by atoms with Crippen molar-refractivity contribution in [1.82, 2.24) is 15.0 Å². The number of benzene rings is 2. The van der Waals surface area contributed by atoms with Gasteiger partial charge in [-0.3, -0.25) is 0 Å². The summed E-state index contributed by atoms with van der Waals surface area (Å²) in [5, 5.41) is 8.28. The van der Waals surface area contributed by atoms with E-state index in [1.165, 1.54) is 12.1 Å². The summed E-state index contributed by atoms with van der Waals surface area (Å²) in [4.78, 5) is 0. The number of rotatable bonds is 5. The lowest BCUT2D eigenvalue weighted by Gasteiger charge is -2.05. The maximum Gasteiger partial charge on any atom is 0.123 e. The topological polar surface area (TPSA) is 56.7 Å². The predicted octanol–water partition coefficient (Wildman–Crippen LogP) is 3.09. The molecule has 23 heavy (non-hydrogen) atoms. The van der Waals surface area contributed by atoms with E-state index in [0.29, 0.717) is 13.1 Å². The molecule has 3 aromatic rings. The number of halogens is 1. The van der Waals surface area contributed by atoms with Crippen molar-refractivity contribution in [3.8, 4) is 0 Å². The average molecular weight is 308 g/mol. The molecule has 4 nitrogen and oxygen atoms in total. The van der Waals surface area contributed by atoms with Crippen molar-refractivity contribution in [3.63, 3.8) is 0 Å². The summed E-state index contributed by atoms with van der Waals surface area (Å²) in [7, 11) is 0. The van der Waals surface area contributed by atoms with Crippen molar-refractivity contribution in [3.05, 3.63) is 82.9 Å². The minimum Gasteiger partial charge on any atom is -0.325 e. The smallest absolute Gasteiger partial charge is 0.123 e. The molecule has 5 heteroatoms. The molecule has 0 aliphatic rings. The Balaban J connectivity index is 1.88. The zero-order chi connectivity index (χ0) is 16.1. The third-order valence-electron chi connectivity index (χ3n) is 3.52. The molecular formula is C18H17FN4. The Hall–Kier alpha value is -2.79. The van der Waals surface area contributed by atoms with Gasteiger partial charge in [-0.25, -0.2) is 9.07 Å². The van der Waals surface area contributed by atoms with Crippen LogP contribution in [0, 0.1) is 5.82 Å². The lowest BCUT2D eigenvalue weighted by atomic mass is 10.2. The van der Waals surface area contributed by atoms with Crippen LogP contribution >= 0.6 is 0 Å². The number of nitrogens with zero attached hydrogens (tertiary/aromatic N) is 3. The van der Waals surface area contributed by atoms with Gasteiger partial charge < -0.3 is 5.73 Å². The summed E-state index contributed by atoms with van der Waals surface area (Å²) in [6.45, 7) is 0.833. The standard InChI is InChI=1S/C18H17FN4/c19-16-9-6-15(7-10-16)13-23-18(17(12-20)21-22-23)11-8-14-4-2-1-3-5-14/h1-11H,12-13,20H2/b11-8+. The van der Waals surface area contributed by atoms with Gasteiger partial charge in [0.15, 0.2) is 0 Å². The van der Waals surface area contributed by atoms with Crippen LogP contribution in [0.1, 0.15) is 22.5 Å². The monoisotopic (exact) mass is 308 g/mol. The van der Waals surface area contributed by atoms with E-state index < -0.39 is 0 Å². The first-order valence-corrected chi connectivity index (χ1v) is 7.36. The highest BCUT2D eigenvalue weighted by Gasteiger charge is 2.09. The molecule has 116 valence electrons. The molecule has 2 N–H and O–H groups in total. The second kappa shape index (κ2) is 6.98. The van der Waals surface area contributed by atoms with Gasteiger partial charge in [0.05, 0.1) is 12.2 Å². The Labute approximate surface area is 134 Å². The van der Waals surface area contributed by atoms with Crippen LogP contribution in [0.15, 0.2) is 54.6 Å². The fourth-order valence-corrected chi connectivity index (χ4v) is 2.30. The highest BCUT2D eigenvalue weighted by Crippen LogP contribution is 2.13. The van der Waals surface area contributed by atoms with Gasteiger partial charge in [0.2, 0.25) is 0 Å². The number of hydrogen-bond acceptors (Lipinski definition) is 3. The van der Waals surface area contributed by atoms with Crippen molar-refractivity contribution in [1.29, 1.82) is 0 Å². The van der Waals surface area contributed by atoms with Crippen molar-refractivity contribution in [2.45, 2.75) is 13.1 Å². The first kappa shape index (κ1) is 15.1. The van der Waals surface area contributed by atoms with Crippen molar-refractivity contribution in [2.24, 2.45) is 5.73 Å². The van der Waals surface area contributed by atoms with Crippen molar-refractivity contribution >= 4 is 12.2 Å². The summed E-state index contributed by atoms with van der Waals surface area (Å²) in [5.74, 6) is -0.251. The molecule has 1 heterocycles. The Bertz CT molecular complexity index is 792. The third-order valence-corrected chi connectivity index (χ3v) is 3.52. The molecule has 0 atom stereocenters. The summed E-state index contributed by atoms with van der Waals surface area (Å²) >= 11 is 0. The van der Waals surface area contributed by atoms with Gasteiger partial charge in [-0.05, 0) is 29.3 Å². The molecular weight excluding hydrogens is 291 g/mol. The second-order valence-corrected chi connectivity index (χ2v) is 5.15. The van der Waals surface area contributed by atoms with E-state index in [-0.39, 0.29) is 5.82 Å². The molecule has 0 amide bonds. The van der Waals surface area contributed by atoms with Gasteiger partial charge in [0.1, 0.15) is 11.5 Å². The molecule has 0 aliphatic carbocycles. The van der Waals surface area contributed by atoms with E-state index in [1.807, 2.05) is 42.5 Å². The highest BCUT2D eigenvalue weighted by molar-refractivity contribution is 5.68. The molecule has 0 unspecified atom stereocenters. The largest absolute Gasteiger partial charge is 0.325 e. The molecule has 1 aromatic heterocycles. The van der Waals surface area contributed by atoms with Gasteiger partial charge >= 0.3 is 0 Å². The van der Waals surface area contributed by atoms with E-state index in [9.17, 15) is 4.39 Å². The summed E-state index contributed by atoms with van der Waals surface area (Å²) in [6.07, 6.45) is 3.96. The van der Waals surface area contributed by atoms with Gasteiger partial charge in [-0.2, -0.15) is 0 Å². The molecule has 0 bridgehead atoms. The molecule has 0 aliphatic heterocycles. The quantitative estimate of drug-likeness (QED) is 0.788. The molecule has 0 saturated carbocycles. The van der Waals surface area contributed by atoms with Crippen LogP contribution in [0.25, 0.3) is 12.2 Å². The van der Waals surface area contributed by atoms with Crippen LogP contribution < -0.4 is 5.73 Å². The van der Waals surface area contributed by atoms with E-state index in [2.05, 4.69) is 10.3 Å². The van der Waals surface area contributed by atoms with Gasteiger partial charge in [0.25, 0.3) is 0 Å². The maximum absolute atomic E-state index is 13.0. The van der Waals surface area contributed by atoms with Crippen LogP contribution in [0.2, 0.25) is 0 Å². The van der Waals surface area contributed by atoms with Crippen LogP contribution in [0.3, 0.4) is 0 Å². The maximum atomic E-state index is 13.0. The molecule has 0 saturated heterocycles. The molecule has 2 aromatic carbocycles. The molecule has 3 rings (SSSR count). The van der Waals surface area contributed by atoms with Crippen LogP contribution in [0.4, 0.5) is 4.39 Å². The average Bonchev–Trinajstić information content (AvgIpc) is 2.98. The fourth-order valence-electron chi connectivity index (χ4n) is 2.30. The predicted molar refractivity (Wildman–Crippen MR) is 88.8 cm³/mol. The minimum absolute atomic E-state index is 0.251. The Morgan fingerprint density at radius 2 is 1.74 bits per heavy atom. The molecule has 0 fully saturated rings. The number of hydrogen-bond donors (Lipinski definition) is 1. The normalized spacial score (nSPS) is 11.2. The van der Waals surface area contributed by atoms with E-state index in [0.717, 1.165) is 22.5 Å². The van der Waals surface area contributed by atoms with Gasteiger partial charge in [-0.1, -0.05) is 53.8 Å². The van der Waals surface area contributed by atoms with E-state index >= 15 is 0 Å². The van der Waals surface area contributed by atoms with Gasteiger partial charge in [-0.15, -0.1) is 5.10 Å². The van der Waals surface area contributed by atoms with E-state index in [4.69, 9.17) is 5.73 Å². The minimum atomic E-state index is -0.251. The molecule has 0 spiro atoms. The van der Waals surface area contributed by atoms with Gasteiger partial charge in [0, 0.05) is 6.54 Å². The summed E-state index contributed by atoms with van der Waals surface area (Å²) in [5.41, 5.74) is 9.39. The first-order chi connectivity index (χ1) is 11.3. The third kappa shape index (κ3) is 3.70. The Morgan fingerprint density at radius 3 is 2.43 bits per heavy atom. The van der Waals surface area contributed by atoms with Crippen LogP contribution in [0.5, 0.6) is 0 Å². The SMILES string of the molecule is NCc1nnn(Cc2ccc(F)cc2)c1/C=C/c1ccccc1. The zero-order valence-corrected chi connectivity index (χ0v) is 12.6. The Kier molecular flexibility index (Phi) is 4.59. The number of aromatic nitrogens is 3. The first-order valence-electron chi connectivity index (χ1n) is 7.36. The van der Waals surface area contributed by atoms with Crippen molar-refractivity contribution < 1.29 is 4.39 Å². The fraction of sp³-hybridized carbons (Fsp3) is 0.111. The lowest BCUT2D eigenvalue weighted by Crippen LogP contribution is -2.05. The van der Waals surface area contributed by atoms with Crippen LogP contribution in [-0.4, -0.2) is 15.0 Å². The van der Waals surface area contributed by atoms with E-state index in [1.54, 1.807) is 16.8 Å². The number of nitrogens with two attached hydrogens (primary N) is 1. The summed E-state index contributed by atoms with van der Waals surface area (Å²) < 4.78 is 14.8. The molecule has 0 radical (unpaired) electrons. The van der Waals surface area contributed by atoms with Crippen molar-refractivity contribution in [2.75, 3.05) is 0 Å². The second-order valence-electron chi connectivity index (χ2n) is 5.15. The lowest BCUT2D eigenvalue weighted by molar-refractivity contribution is 0.620.